The molecule has 0 saturated carbocycles. The van der Waals surface area contributed by atoms with E-state index in [2.05, 4.69) is 49.4 Å². The number of nitrogens with one attached hydrogen (secondary N) is 3. The molecule has 0 spiro atoms. The lowest BCUT2D eigenvalue weighted by atomic mass is 9.79. The van der Waals surface area contributed by atoms with Crippen LogP contribution in [0.3, 0.4) is 0 Å². The second-order valence-corrected chi connectivity index (χ2v) is 13.1. The number of carbonyl (C=O) groups excluding carboxylic acids is 2. The summed E-state index contributed by atoms with van der Waals surface area (Å²) in [7, 11) is 0. The van der Waals surface area contributed by atoms with Gasteiger partial charge in [0.05, 0.1) is 18.3 Å². The first-order valence-electron chi connectivity index (χ1n) is 14.6. The third-order valence-electron chi connectivity index (χ3n) is 8.50. The molecule has 10 heteroatoms. The maximum Gasteiger partial charge on any atom is 0.253 e. The summed E-state index contributed by atoms with van der Waals surface area (Å²) in [6, 6.07) is 1.82. The van der Waals surface area contributed by atoms with Gasteiger partial charge in [0, 0.05) is 66.1 Å². The normalized spacial score (nSPS) is 22.0. The molecule has 1 saturated heterocycles. The molecule has 5 heterocycles. The van der Waals surface area contributed by atoms with Gasteiger partial charge in [-0.25, -0.2) is 4.68 Å². The van der Waals surface area contributed by atoms with Crippen molar-refractivity contribution in [3.05, 3.63) is 61.8 Å². The van der Waals surface area contributed by atoms with Gasteiger partial charge in [0.15, 0.2) is 5.49 Å². The van der Waals surface area contributed by atoms with Crippen LogP contribution in [0.15, 0.2) is 33.7 Å². The summed E-state index contributed by atoms with van der Waals surface area (Å²) >= 11 is 0. The van der Waals surface area contributed by atoms with E-state index in [0.717, 1.165) is 41.2 Å². The van der Waals surface area contributed by atoms with E-state index in [4.69, 9.17) is 10.1 Å². The largest absolute Gasteiger partial charge is 0.348 e. The quantitative estimate of drug-likeness (QED) is 0.480. The van der Waals surface area contributed by atoms with Crippen molar-refractivity contribution in [3.63, 3.8) is 0 Å². The smallest absolute Gasteiger partial charge is 0.253 e. The molecule has 2 aromatic heterocycles. The summed E-state index contributed by atoms with van der Waals surface area (Å²) in [5, 5.41) is 12.2. The van der Waals surface area contributed by atoms with E-state index >= 15 is 0 Å². The van der Waals surface area contributed by atoms with Gasteiger partial charge in [0.1, 0.15) is 0 Å². The first kappa shape index (κ1) is 29.0. The van der Waals surface area contributed by atoms with Crippen molar-refractivity contribution in [1.82, 2.24) is 30.3 Å². The lowest BCUT2D eigenvalue weighted by molar-refractivity contribution is -0.130. The number of amides is 2. The van der Waals surface area contributed by atoms with Crippen LogP contribution in [0, 0.1) is 13.8 Å². The van der Waals surface area contributed by atoms with Crippen LogP contribution in [0.5, 0.6) is 0 Å². The lowest BCUT2D eigenvalue weighted by Crippen LogP contribution is -2.55. The van der Waals surface area contributed by atoms with E-state index in [1.54, 1.807) is 13.1 Å². The van der Waals surface area contributed by atoms with Gasteiger partial charge in [-0.1, -0.05) is 6.08 Å². The molecule has 1 atom stereocenters. The fourth-order valence-corrected chi connectivity index (χ4v) is 6.88. The summed E-state index contributed by atoms with van der Waals surface area (Å²) in [4.78, 5) is 48.2. The second-order valence-electron chi connectivity index (χ2n) is 13.1. The molecule has 3 N–H and O–H groups in total. The van der Waals surface area contributed by atoms with E-state index in [1.807, 2.05) is 29.5 Å². The van der Waals surface area contributed by atoms with Crippen molar-refractivity contribution in [2.45, 2.75) is 104 Å². The van der Waals surface area contributed by atoms with Crippen molar-refractivity contribution < 1.29 is 9.59 Å². The third kappa shape index (κ3) is 6.07. The van der Waals surface area contributed by atoms with Crippen LogP contribution in [-0.4, -0.2) is 61.7 Å². The second kappa shape index (κ2) is 10.7. The fraction of sp³-hybridized carbons (Fsp3) is 0.581. The molecule has 41 heavy (non-hydrogen) atoms. The van der Waals surface area contributed by atoms with E-state index in [9.17, 15) is 14.4 Å². The minimum Gasteiger partial charge on any atom is -0.348 e. The van der Waals surface area contributed by atoms with Gasteiger partial charge < -0.3 is 20.5 Å². The van der Waals surface area contributed by atoms with Crippen LogP contribution in [0.2, 0.25) is 0 Å². The minimum absolute atomic E-state index is 0.0914. The third-order valence-corrected chi connectivity index (χ3v) is 8.50. The Labute approximate surface area is 241 Å². The monoisotopic (exact) mass is 561 g/mol. The molecule has 3 aliphatic heterocycles. The number of fused-ring (bicyclic) bond motifs is 1. The van der Waals surface area contributed by atoms with Crippen LogP contribution >= 0.6 is 0 Å². The average Bonchev–Trinajstić information content (AvgIpc) is 3.29. The number of aromatic nitrogens is 3. The summed E-state index contributed by atoms with van der Waals surface area (Å²) < 4.78 is 1.97. The number of pyridine rings is 1. The standard InChI is InChI=1S/C31H43N7O3/c1-18-12-19(2)34-29(41)24(18)16-32-28(40)23-13-26(21-14-30(4,5)36-31(6,7)15-21)35-27-25(23)17-33-38(27)22-8-10-37(11-9-22)20(3)39/h12,14,17,22,26,36H,8-11,13,15-16H2,1-7H3,(H,32,40)(H,34,41). The molecule has 1 unspecified atom stereocenters. The number of rotatable bonds is 5. The first-order chi connectivity index (χ1) is 19.2. The predicted molar refractivity (Wildman–Crippen MR) is 158 cm³/mol. The Hall–Kier alpha value is -3.53. The van der Waals surface area contributed by atoms with E-state index in [0.29, 0.717) is 30.6 Å². The Bertz CT molecular complexity index is 1590. The Kier molecular flexibility index (Phi) is 7.57. The van der Waals surface area contributed by atoms with Crippen molar-refractivity contribution in [2.75, 3.05) is 13.1 Å². The van der Waals surface area contributed by atoms with Crippen molar-refractivity contribution in [3.8, 4) is 0 Å². The van der Waals surface area contributed by atoms with Crippen LogP contribution in [-0.2, 0) is 16.1 Å². The Morgan fingerprint density at radius 2 is 1.85 bits per heavy atom. The van der Waals surface area contributed by atoms with E-state index < -0.39 is 0 Å². The molecule has 0 aromatic carbocycles. The van der Waals surface area contributed by atoms with Gasteiger partial charge in [-0.2, -0.15) is 5.10 Å². The highest BCUT2D eigenvalue weighted by Gasteiger charge is 2.36. The molecule has 0 radical (unpaired) electrons. The molecule has 10 nitrogen and oxygen atoms in total. The highest BCUT2D eigenvalue weighted by Crippen LogP contribution is 2.33. The van der Waals surface area contributed by atoms with Crippen molar-refractivity contribution in [1.29, 1.82) is 0 Å². The van der Waals surface area contributed by atoms with Gasteiger partial charge >= 0.3 is 0 Å². The zero-order chi connectivity index (χ0) is 29.7. The molecule has 5 rings (SSSR count). The number of carbonyl (C=O) groups is 2. The summed E-state index contributed by atoms with van der Waals surface area (Å²) in [6.07, 6.45) is 6.88. The molecule has 220 valence electrons. The van der Waals surface area contributed by atoms with Crippen LogP contribution in [0.25, 0.3) is 5.57 Å². The maximum absolute atomic E-state index is 13.8. The van der Waals surface area contributed by atoms with Crippen molar-refractivity contribution in [2.24, 2.45) is 4.99 Å². The van der Waals surface area contributed by atoms with Crippen LogP contribution in [0.1, 0.15) is 83.2 Å². The van der Waals surface area contributed by atoms with Crippen LogP contribution < -0.4 is 26.9 Å². The lowest BCUT2D eigenvalue weighted by Gasteiger charge is -2.42. The number of hydrogen-bond donors (Lipinski definition) is 3. The first-order valence-corrected chi connectivity index (χ1v) is 14.6. The number of H-pyrrole nitrogens is 1. The molecule has 0 aliphatic carbocycles. The number of nitrogens with zero attached hydrogens (tertiary/aromatic N) is 4. The Balaban J connectivity index is 1.52. The SMILES string of the molecule is CC(=O)N1CCC(n2ncc3c2=NC(C2=CC(C)(C)NC(C)(C)C2)CC=3C(=O)NCc2c(C)cc(C)[nH]c2=O)CC1. The van der Waals surface area contributed by atoms with Gasteiger partial charge in [0.2, 0.25) is 11.8 Å². The minimum atomic E-state index is -0.209. The zero-order valence-electron chi connectivity index (χ0n) is 25.4. The Morgan fingerprint density at radius 1 is 1.15 bits per heavy atom. The zero-order valence-corrected chi connectivity index (χ0v) is 25.4. The molecule has 1 fully saturated rings. The molecule has 0 bridgehead atoms. The van der Waals surface area contributed by atoms with Gasteiger partial charge in [0.25, 0.3) is 5.56 Å². The topological polar surface area (TPSA) is 124 Å². The molecular formula is C31H43N7O3. The van der Waals surface area contributed by atoms with Crippen LogP contribution in [0.4, 0.5) is 0 Å². The highest BCUT2D eigenvalue weighted by atomic mass is 16.2. The fourth-order valence-electron chi connectivity index (χ4n) is 6.88. The van der Waals surface area contributed by atoms with E-state index in [-0.39, 0.29) is 47.1 Å². The van der Waals surface area contributed by atoms with Crippen molar-refractivity contribution >= 4 is 17.4 Å². The number of aryl methyl sites for hydroxylation is 2. The Morgan fingerprint density at radius 3 is 2.49 bits per heavy atom. The molecule has 2 aromatic rings. The highest BCUT2D eigenvalue weighted by molar-refractivity contribution is 6.13. The maximum atomic E-state index is 13.8. The van der Waals surface area contributed by atoms with Gasteiger partial charge in [-0.3, -0.25) is 19.4 Å². The predicted octanol–water partition coefficient (Wildman–Crippen LogP) is 1.71. The molecule has 2 amide bonds. The number of aromatic amines is 1. The average molecular weight is 562 g/mol. The number of hydrogen-bond acceptors (Lipinski definition) is 6. The van der Waals surface area contributed by atoms with Gasteiger partial charge in [-0.05, 0) is 78.0 Å². The summed E-state index contributed by atoms with van der Waals surface area (Å²) in [5.41, 5.74) is 4.27. The molecule has 3 aliphatic rings. The number of piperidine rings is 1. The van der Waals surface area contributed by atoms with E-state index in [1.165, 1.54) is 5.57 Å². The summed E-state index contributed by atoms with van der Waals surface area (Å²) in [5.74, 6) is -0.113. The number of likely N-dealkylation sites (tertiary alicyclic amines) is 1. The van der Waals surface area contributed by atoms with Gasteiger partial charge in [-0.15, -0.1) is 0 Å². The summed E-state index contributed by atoms with van der Waals surface area (Å²) in [6.45, 7) is 15.6. The molecular weight excluding hydrogens is 518 g/mol.